The van der Waals surface area contributed by atoms with Crippen LogP contribution >= 0.6 is 0 Å². The number of allylic oxidation sites excluding steroid dienone is 1. The number of carbonyl (C=O) groups excluding carboxylic acids is 1. The molecule has 0 fully saturated rings. The first-order valence-electron chi connectivity index (χ1n) is 5.76. The average molecular weight is 228 g/mol. The van der Waals surface area contributed by atoms with Crippen molar-refractivity contribution in [2.45, 2.75) is 26.2 Å². The Hall–Kier alpha value is -1.90. The van der Waals surface area contributed by atoms with Crippen LogP contribution in [0.15, 0.2) is 41.0 Å². The minimum atomic E-state index is -0.459. The zero-order valence-electron chi connectivity index (χ0n) is 10.1. The predicted octanol–water partition coefficient (Wildman–Crippen LogP) is 2.37. The number of primary amides is 1. The number of amides is 1. The molecule has 0 radical (unpaired) electrons. The first kappa shape index (κ1) is 11.6. The molecule has 3 nitrogen and oxygen atoms in total. The molecule has 2 rings (SSSR count). The largest absolute Gasteiger partial charge is 0.364 e. The van der Waals surface area contributed by atoms with E-state index in [1.807, 2.05) is 12.1 Å². The van der Waals surface area contributed by atoms with Gasteiger partial charge in [0.1, 0.15) is 5.70 Å². The van der Waals surface area contributed by atoms with Gasteiger partial charge >= 0.3 is 0 Å². The SMILES string of the molecule is CC(C)c1ccc(C2=NC(C(N)=O)=CC2)cc1. The van der Waals surface area contributed by atoms with Crippen LogP contribution in [0.4, 0.5) is 0 Å². The summed E-state index contributed by atoms with van der Waals surface area (Å²) in [4.78, 5) is 15.2. The molecule has 1 aromatic rings. The van der Waals surface area contributed by atoms with Crippen LogP contribution in [0.5, 0.6) is 0 Å². The van der Waals surface area contributed by atoms with E-state index in [0.29, 0.717) is 18.0 Å². The molecular weight excluding hydrogens is 212 g/mol. The van der Waals surface area contributed by atoms with Gasteiger partial charge in [-0.1, -0.05) is 38.1 Å². The van der Waals surface area contributed by atoms with Crippen LogP contribution in [-0.4, -0.2) is 11.6 Å². The molecule has 88 valence electrons. The fraction of sp³-hybridized carbons (Fsp3) is 0.286. The summed E-state index contributed by atoms with van der Waals surface area (Å²) in [6.45, 7) is 4.32. The summed E-state index contributed by atoms with van der Waals surface area (Å²) in [5, 5.41) is 0. The van der Waals surface area contributed by atoms with Gasteiger partial charge in [-0.25, -0.2) is 4.99 Å². The number of hydrogen-bond acceptors (Lipinski definition) is 2. The third-order valence-electron chi connectivity index (χ3n) is 2.91. The Morgan fingerprint density at radius 2 is 1.94 bits per heavy atom. The molecule has 1 aliphatic rings. The zero-order chi connectivity index (χ0) is 12.4. The molecule has 1 amide bonds. The van der Waals surface area contributed by atoms with Gasteiger partial charge in [-0.15, -0.1) is 0 Å². The molecule has 1 heterocycles. The lowest BCUT2D eigenvalue weighted by Gasteiger charge is -2.06. The number of carbonyl (C=O) groups is 1. The summed E-state index contributed by atoms with van der Waals surface area (Å²) >= 11 is 0. The van der Waals surface area contributed by atoms with E-state index in [1.165, 1.54) is 5.56 Å². The molecule has 2 N–H and O–H groups in total. The van der Waals surface area contributed by atoms with Crippen LogP contribution in [0, 0.1) is 0 Å². The van der Waals surface area contributed by atoms with Crippen molar-refractivity contribution in [1.29, 1.82) is 0 Å². The van der Waals surface area contributed by atoms with E-state index in [2.05, 4.69) is 31.0 Å². The maximum Gasteiger partial charge on any atom is 0.266 e. The van der Waals surface area contributed by atoms with Gasteiger partial charge in [0.25, 0.3) is 5.91 Å². The van der Waals surface area contributed by atoms with Crippen molar-refractivity contribution in [2.75, 3.05) is 0 Å². The minimum absolute atomic E-state index is 0.368. The molecule has 1 aromatic carbocycles. The van der Waals surface area contributed by atoms with Crippen LogP contribution in [-0.2, 0) is 4.79 Å². The minimum Gasteiger partial charge on any atom is -0.364 e. The lowest BCUT2D eigenvalue weighted by Crippen LogP contribution is -2.11. The van der Waals surface area contributed by atoms with Crippen LogP contribution in [0.1, 0.15) is 37.3 Å². The van der Waals surface area contributed by atoms with Gasteiger partial charge in [0.05, 0.1) is 5.71 Å². The van der Waals surface area contributed by atoms with Crippen LogP contribution in [0.25, 0.3) is 0 Å². The lowest BCUT2D eigenvalue weighted by molar-refractivity contribution is -0.114. The molecule has 1 aliphatic heterocycles. The molecular formula is C14H16N2O. The van der Waals surface area contributed by atoms with E-state index in [9.17, 15) is 4.79 Å². The van der Waals surface area contributed by atoms with E-state index in [4.69, 9.17) is 5.73 Å². The van der Waals surface area contributed by atoms with Crippen molar-refractivity contribution >= 4 is 11.6 Å². The zero-order valence-corrected chi connectivity index (χ0v) is 10.1. The van der Waals surface area contributed by atoms with E-state index in [1.54, 1.807) is 6.08 Å². The Bertz CT molecular complexity index is 495. The smallest absolute Gasteiger partial charge is 0.266 e. The van der Waals surface area contributed by atoms with E-state index in [-0.39, 0.29) is 0 Å². The van der Waals surface area contributed by atoms with Gasteiger partial charge in [-0.3, -0.25) is 4.79 Å². The second kappa shape index (κ2) is 4.53. The van der Waals surface area contributed by atoms with Crippen molar-refractivity contribution in [3.05, 3.63) is 47.2 Å². The van der Waals surface area contributed by atoms with Crippen LogP contribution < -0.4 is 5.73 Å². The summed E-state index contributed by atoms with van der Waals surface area (Å²) in [5.74, 6) is 0.0627. The molecule has 0 bridgehead atoms. The third kappa shape index (κ3) is 2.44. The molecule has 0 atom stereocenters. The monoisotopic (exact) mass is 228 g/mol. The van der Waals surface area contributed by atoms with Gasteiger partial charge in [-0.2, -0.15) is 0 Å². The molecule has 0 aromatic heterocycles. The van der Waals surface area contributed by atoms with Crippen molar-refractivity contribution in [3.63, 3.8) is 0 Å². The lowest BCUT2D eigenvalue weighted by atomic mass is 10.00. The first-order chi connectivity index (χ1) is 8.08. The van der Waals surface area contributed by atoms with Crippen molar-refractivity contribution in [1.82, 2.24) is 0 Å². The quantitative estimate of drug-likeness (QED) is 0.848. The molecule has 0 unspecified atom stereocenters. The molecule has 0 aliphatic carbocycles. The van der Waals surface area contributed by atoms with Crippen LogP contribution in [0.3, 0.4) is 0 Å². The summed E-state index contributed by atoms with van der Waals surface area (Å²) in [6, 6.07) is 8.30. The molecule has 0 saturated heterocycles. The second-order valence-corrected chi connectivity index (χ2v) is 4.49. The van der Waals surface area contributed by atoms with Crippen LogP contribution in [0.2, 0.25) is 0 Å². The third-order valence-corrected chi connectivity index (χ3v) is 2.91. The highest BCUT2D eigenvalue weighted by Crippen LogP contribution is 2.19. The summed E-state index contributed by atoms with van der Waals surface area (Å²) < 4.78 is 0. The average Bonchev–Trinajstić information content (AvgIpc) is 2.78. The standard InChI is InChI=1S/C14H16N2O/c1-9(2)10-3-5-11(6-4-10)12-7-8-13(16-12)14(15)17/h3-6,8-9H,7H2,1-2H3,(H2,15,17). The molecule has 0 spiro atoms. The van der Waals surface area contributed by atoms with E-state index < -0.39 is 5.91 Å². The number of benzene rings is 1. The van der Waals surface area contributed by atoms with Crippen molar-refractivity contribution in [2.24, 2.45) is 10.7 Å². The van der Waals surface area contributed by atoms with Crippen molar-refractivity contribution < 1.29 is 4.79 Å². The summed E-state index contributed by atoms with van der Waals surface area (Å²) in [7, 11) is 0. The number of hydrogen-bond donors (Lipinski definition) is 1. The fourth-order valence-corrected chi connectivity index (χ4v) is 1.83. The van der Waals surface area contributed by atoms with Gasteiger partial charge in [0.15, 0.2) is 0 Å². The fourth-order valence-electron chi connectivity index (χ4n) is 1.83. The second-order valence-electron chi connectivity index (χ2n) is 4.49. The predicted molar refractivity (Wildman–Crippen MR) is 69.0 cm³/mol. The maximum atomic E-state index is 11.0. The van der Waals surface area contributed by atoms with Gasteiger partial charge in [0.2, 0.25) is 0 Å². The maximum absolute atomic E-state index is 11.0. The van der Waals surface area contributed by atoms with E-state index >= 15 is 0 Å². The number of aliphatic imine (C=N–C) groups is 1. The summed E-state index contributed by atoms with van der Waals surface area (Å²) in [6.07, 6.45) is 2.45. The number of nitrogens with zero attached hydrogens (tertiary/aromatic N) is 1. The molecule has 3 heteroatoms. The topological polar surface area (TPSA) is 55.4 Å². The highest BCUT2D eigenvalue weighted by molar-refractivity contribution is 6.08. The molecule has 0 saturated carbocycles. The Kier molecular flexibility index (Phi) is 3.09. The Balaban J connectivity index is 2.21. The van der Waals surface area contributed by atoms with Gasteiger partial charge in [-0.05, 0) is 23.1 Å². The Labute approximate surface area is 101 Å². The van der Waals surface area contributed by atoms with E-state index in [0.717, 1.165) is 11.3 Å². The highest BCUT2D eigenvalue weighted by atomic mass is 16.1. The van der Waals surface area contributed by atoms with Gasteiger partial charge in [0, 0.05) is 6.42 Å². The Morgan fingerprint density at radius 1 is 1.29 bits per heavy atom. The first-order valence-corrected chi connectivity index (χ1v) is 5.76. The van der Waals surface area contributed by atoms with Gasteiger partial charge < -0.3 is 5.73 Å². The highest BCUT2D eigenvalue weighted by Gasteiger charge is 2.14. The Morgan fingerprint density at radius 3 is 2.41 bits per heavy atom. The van der Waals surface area contributed by atoms with Crippen molar-refractivity contribution in [3.8, 4) is 0 Å². The normalized spacial score (nSPS) is 14.8. The number of rotatable bonds is 3. The summed E-state index contributed by atoms with van der Waals surface area (Å²) in [5.41, 5.74) is 8.83. The molecule has 17 heavy (non-hydrogen) atoms. The number of nitrogens with two attached hydrogens (primary N) is 1.